The van der Waals surface area contributed by atoms with Crippen LogP contribution in [0.25, 0.3) is 0 Å². The van der Waals surface area contributed by atoms with Crippen LogP contribution in [0.4, 0.5) is 4.39 Å². The summed E-state index contributed by atoms with van der Waals surface area (Å²) in [6.07, 6.45) is 4.87. The van der Waals surface area contributed by atoms with E-state index in [1.807, 2.05) is 6.92 Å². The lowest BCUT2D eigenvalue weighted by Crippen LogP contribution is -2.57. The highest BCUT2D eigenvalue weighted by molar-refractivity contribution is 5.81. The van der Waals surface area contributed by atoms with Gasteiger partial charge in [-0.1, -0.05) is 12.1 Å². The van der Waals surface area contributed by atoms with E-state index in [-0.39, 0.29) is 29.6 Å². The topological polar surface area (TPSA) is 47.4 Å². The van der Waals surface area contributed by atoms with Crippen LogP contribution >= 0.6 is 0 Å². The molecule has 1 aliphatic rings. The largest absolute Gasteiger partial charge is 0.484 e. The molecular formula is C15H16FN3O2. The van der Waals surface area contributed by atoms with Crippen molar-refractivity contribution in [1.82, 2.24) is 14.5 Å². The van der Waals surface area contributed by atoms with E-state index in [0.717, 1.165) is 0 Å². The minimum Gasteiger partial charge on any atom is -0.484 e. The van der Waals surface area contributed by atoms with E-state index in [1.165, 1.54) is 6.07 Å². The quantitative estimate of drug-likeness (QED) is 0.863. The lowest BCUT2D eigenvalue weighted by Gasteiger charge is -2.40. The molecule has 0 saturated carbocycles. The van der Waals surface area contributed by atoms with Gasteiger partial charge in [-0.15, -0.1) is 0 Å². The number of hydrogen-bond donors (Lipinski definition) is 0. The summed E-state index contributed by atoms with van der Waals surface area (Å²) in [5.74, 6) is -0.132. The fourth-order valence-electron chi connectivity index (χ4n) is 2.30. The van der Waals surface area contributed by atoms with Gasteiger partial charge in [0.05, 0.1) is 19.4 Å². The van der Waals surface area contributed by atoms with Gasteiger partial charge in [0.25, 0.3) is 0 Å². The third-order valence-electron chi connectivity index (χ3n) is 3.62. The molecule has 1 fully saturated rings. The Bertz CT molecular complexity index is 624. The highest BCUT2D eigenvalue weighted by atomic mass is 19.1. The molecule has 0 radical (unpaired) electrons. The smallest absolute Gasteiger partial charge is 0.245 e. The molecule has 21 heavy (non-hydrogen) atoms. The first-order valence-corrected chi connectivity index (χ1v) is 6.82. The number of para-hydroxylation sites is 1. The second-order valence-electron chi connectivity index (χ2n) is 5.10. The van der Waals surface area contributed by atoms with Gasteiger partial charge in [0.2, 0.25) is 5.91 Å². The Morgan fingerprint density at radius 1 is 1.43 bits per heavy atom. The van der Waals surface area contributed by atoms with E-state index in [1.54, 1.807) is 46.4 Å². The molecule has 6 heteroatoms. The first-order chi connectivity index (χ1) is 10.1. The Balaban J connectivity index is 1.54. The van der Waals surface area contributed by atoms with Gasteiger partial charge in [-0.05, 0) is 19.1 Å². The summed E-state index contributed by atoms with van der Waals surface area (Å²) in [5.41, 5.74) is 0. The summed E-state index contributed by atoms with van der Waals surface area (Å²) >= 11 is 0. The van der Waals surface area contributed by atoms with E-state index in [0.29, 0.717) is 13.1 Å². The average molecular weight is 289 g/mol. The number of hydrogen-bond acceptors (Lipinski definition) is 3. The SMILES string of the molecule is CC(C(=O)N1CC(Oc2ccccc2F)C1)n1ccnc1. The van der Waals surface area contributed by atoms with E-state index in [2.05, 4.69) is 4.98 Å². The van der Waals surface area contributed by atoms with Gasteiger partial charge in [0, 0.05) is 12.4 Å². The molecular weight excluding hydrogens is 273 g/mol. The molecule has 1 aromatic carbocycles. The number of imidazole rings is 1. The Labute approximate surface area is 122 Å². The predicted octanol–water partition coefficient (Wildman–Crippen LogP) is 1.87. The van der Waals surface area contributed by atoms with Gasteiger partial charge in [-0.3, -0.25) is 4.79 Å². The Hall–Kier alpha value is -2.37. The minimum absolute atomic E-state index is 0.0152. The van der Waals surface area contributed by atoms with Crippen LogP contribution < -0.4 is 4.74 Å². The first-order valence-electron chi connectivity index (χ1n) is 6.82. The number of benzene rings is 1. The third kappa shape index (κ3) is 2.74. The van der Waals surface area contributed by atoms with Crippen LogP contribution in [0, 0.1) is 5.82 Å². The fraction of sp³-hybridized carbons (Fsp3) is 0.333. The number of carbonyl (C=O) groups is 1. The van der Waals surface area contributed by atoms with Crippen molar-refractivity contribution >= 4 is 5.91 Å². The number of halogens is 1. The summed E-state index contributed by atoms with van der Waals surface area (Å²) in [6.45, 7) is 2.79. The first kappa shape index (κ1) is 13.6. The number of nitrogens with zero attached hydrogens (tertiary/aromatic N) is 3. The molecule has 1 saturated heterocycles. The van der Waals surface area contributed by atoms with Crippen molar-refractivity contribution in [3.8, 4) is 5.75 Å². The third-order valence-corrected chi connectivity index (χ3v) is 3.62. The summed E-state index contributed by atoms with van der Waals surface area (Å²) in [6, 6.07) is 6.00. The second-order valence-corrected chi connectivity index (χ2v) is 5.10. The van der Waals surface area contributed by atoms with Crippen molar-refractivity contribution in [3.05, 3.63) is 48.8 Å². The molecule has 110 valence electrons. The highest BCUT2D eigenvalue weighted by Crippen LogP contribution is 2.23. The Morgan fingerprint density at radius 3 is 2.86 bits per heavy atom. The van der Waals surface area contributed by atoms with Crippen molar-refractivity contribution < 1.29 is 13.9 Å². The zero-order valence-corrected chi connectivity index (χ0v) is 11.6. The molecule has 1 atom stereocenters. The van der Waals surface area contributed by atoms with Gasteiger partial charge in [-0.25, -0.2) is 9.37 Å². The predicted molar refractivity (Wildman–Crippen MR) is 74.3 cm³/mol. The van der Waals surface area contributed by atoms with E-state index >= 15 is 0 Å². The van der Waals surface area contributed by atoms with Crippen molar-refractivity contribution in [3.63, 3.8) is 0 Å². The summed E-state index contributed by atoms with van der Waals surface area (Å²) in [4.78, 5) is 17.9. The zero-order valence-electron chi connectivity index (χ0n) is 11.6. The molecule has 1 aliphatic heterocycles. The lowest BCUT2D eigenvalue weighted by molar-refractivity contribution is -0.143. The van der Waals surface area contributed by atoms with Gasteiger partial charge in [0.1, 0.15) is 12.1 Å². The van der Waals surface area contributed by atoms with Crippen LogP contribution in [0.1, 0.15) is 13.0 Å². The molecule has 5 nitrogen and oxygen atoms in total. The maximum Gasteiger partial charge on any atom is 0.245 e. The van der Waals surface area contributed by atoms with Crippen LogP contribution in [0.5, 0.6) is 5.75 Å². The van der Waals surface area contributed by atoms with Crippen molar-refractivity contribution in [1.29, 1.82) is 0 Å². The van der Waals surface area contributed by atoms with E-state index in [9.17, 15) is 9.18 Å². The fourth-order valence-corrected chi connectivity index (χ4v) is 2.30. The molecule has 0 aliphatic carbocycles. The number of carbonyl (C=O) groups excluding carboxylic acids is 1. The molecule has 3 rings (SSSR count). The monoisotopic (exact) mass is 289 g/mol. The molecule has 2 aromatic rings. The summed E-state index contributed by atoms with van der Waals surface area (Å²) in [7, 11) is 0. The number of amides is 1. The molecule has 0 N–H and O–H groups in total. The minimum atomic E-state index is -0.380. The summed E-state index contributed by atoms with van der Waals surface area (Å²) in [5, 5.41) is 0. The number of aromatic nitrogens is 2. The molecule has 0 spiro atoms. The molecule has 2 heterocycles. The van der Waals surface area contributed by atoms with Crippen LogP contribution in [0.15, 0.2) is 43.0 Å². The van der Waals surface area contributed by atoms with Crippen LogP contribution in [0.3, 0.4) is 0 Å². The van der Waals surface area contributed by atoms with Crippen LogP contribution in [-0.2, 0) is 4.79 Å². The maximum atomic E-state index is 13.5. The second kappa shape index (κ2) is 5.55. The normalized spacial score (nSPS) is 16.4. The molecule has 1 aromatic heterocycles. The van der Waals surface area contributed by atoms with Gasteiger partial charge < -0.3 is 14.2 Å². The zero-order chi connectivity index (χ0) is 14.8. The standard InChI is InChI=1S/C15H16FN3O2/c1-11(18-7-6-17-10-18)15(20)19-8-12(9-19)21-14-5-3-2-4-13(14)16/h2-7,10-12H,8-9H2,1H3. The molecule has 0 bridgehead atoms. The van der Waals surface area contributed by atoms with Gasteiger partial charge in [-0.2, -0.15) is 0 Å². The van der Waals surface area contributed by atoms with Crippen molar-refractivity contribution in [2.24, 2.45) is 0 Å². The number of ether oxygens (including phenoxy) is 1. The van der Waals surface area contributed by atoms with Gasteiger partial charge >= 0.3 is 0 Å². The highest BCUT2D eigenvalue weighted by Gasteiger charge is 2.35. The number of rotatable bonds is 4. The van der Waals surface area contributed by atoms with Crippen molar-refractivity contribution in [2.45, 2.75) is 19.1 Å². The lowest BCUT2D eigenvalue weighted by atomic mass is 10.1. The van der Waals surface area contributed by atoms with Crippen LogP contribution in [0.2, 0.25) is 0 Å². The van der Waals surface area contributed by atoms with Crippen molar-refractivity contribution in [2.75, 3.05) is 13.1 Å². The molecule has 1 unspecified atom stereocenters. The Kier molecular flexibility index (Phi) is 3.60. The van der Waals surface area contributed by atoms with Crippen LogP contribution in [-0.4, -0.2) is 39.6 Å². The number of likely N-dealkylation sites (tertiary alicyclic amines) is 1. The van der Waals surface area contributed by atoms with E-state index in [4.69, 9.17) is 4.74 Å². The summed E-state index contributed by atoms with van der Waals surface area (Å²) < 4.78 is 20.8. The van der Waals surface area contributed by atoms with Gasteiger partial charge in [0.15, 0.2) is 11.6 Å². The molecule has 1 amide bonds. The Morgan fingerprint density at radius 2 is 2.19 bits per heavy atom. The average Bonchev–Trinajstić information content (AvgIpc) is 2.96. The maximum absolute atomic E-state index is 13.5. The van der Waals surface area contributed by atoms with E-state index < -0.39 is 0 Å².